The van der Waals surface area contributed by atoms with Gasteiger partial charge in [0.25, 0.3) is 0 Å². The summed E-state index contributed by atoms with van der Waals surface area (Å²) in [5.41, 5.74) is 3.78. The summed E-state index contributed by atoms with van der Waals surface area (Å²) in [7, 11) is 0. The Balaban J connectivity index is 2.32. The van der Waals surface area contributed by atoms with Crippen molar-refractivity contribution in [3.8, 4) is 0 Å². The van der Waals surface area contributed by atoms with Crippen molar-refractivity contribution in [1.29, 1.82) is 0 Å². The molecule has 0 atom stereocenters. The normalized spacial score (nSPS) is 10.3. The van der Waals surface area contributed by atoms with Crippen molar-refractivity contribution in [3.05, 3.63) is 70.2 Å². The van der Waals surface area contributed by atoms with Gasteiger partial charge in [0.2, 0.25) is 0 Å². The highest BCUT2D eigenvalue weighted by atomic mass is 35.5. The topological polar surface area (TPSA) is 0 Å². The molecule has 0 spiro atoms. The molecule has 0 aromatic heterocycles. The maximum absolute atomic E-state index is 6.18. The predicted octanol–water partition coefficient (Wildman–Crippen LogP) is 4.24. The van der Waals surface area contributed by atoms with Gasteiger partial charge >= 0.3 is 0 Å². The average molecular weight is 217 g/mol. The van der Waals surface area contributed by atoms with E-state index in [-0.39, 0.29) is 0 Å². The molecule has 0 bridgehead atoms. The van der Waals surface area contributed by atoms with Gasteiger partial charge in [-0.1, -0.05) is 54.1 Å². The van der Waals surface area contributed by atoms with E-state index in [0.717, 1.165) is 11.4 Å². The number of hydrogen-bond donors (Lipinski definition) is 0. The van der Waals surface area contributed by atoms with E-state index in [4.69, 9.17) is 11.6 Å². The second-order valence-electron chi connectivity index (χ2n) is 3.70. The zero-order valence-electron chi connectivity index (χ0n) is 8.70. The maximum atomic E-state index is 6.18. The molecule has 15 heavy (non-hydrogen) atoms. The Morgan fingerprint density at radius 3 is 2.33 bits per heavy atom. The molecule has 1 heteroatoms. The van der Waals surface area contributed by atoms with Crippen LogP contribution in [0.15, 0.2) is 48.5 Å². The summed E-state index contributed by atoms with van der Waals surface area (Å²) in [4.78, 5) is 0. The van der Waals surface area contributed by atoms with Crippen LogP contribution in [0.3, 0.4) is 0 Å². The predicted molar refractivity (Wildman–Crippen MR) is 65.4 cm³/mol. The molecule has 76 valence electrons. The van der Waals surface area contributed by atoms with E-state index in [9.17, 15) is 0 Å². The first-order valence-electron chi connectivity index (χ1n) is 5.05. The molecule has 0 saturated heterocycles. The molecule has 0 radical (unpaired) electrons. The van der Waals surface area contributed by atoms with E-state index < -0.39 is 0 Å². The van der Waals surface area contributed by atoms with E-state index in [1.165, 1.54) is 16.7 Å². The zero-order chi connectivity index (χ0) is 10.7. The van der Waals surface area contributed by atoms with Gasteiger partial charge in [-0.15, -0.1) is 0 Å². The fourth-order valence-electron chi connectivity index (χ4n) is 1.69. The summed E-state index contributed by atoms with van der Waals surface area (Å²) in [5.74, 6) is 0. The van der Waals surface area contributed by atoms with Crippen molar-refractivity contribution in [1.82, 2.24) is 0 Å². The van der Waals surface area contributed by atoms with Crippen LogP contribution in [0.1, 0.15) is 16.7 Å². The van der Waals surface area contributed by atoms with Gasteiger partial charge in [-0.05, 0) is 36.1 Å². The lowest BCUT2D eigenvalue weighted by molar-refractivity contribution is 1.16. The average Bonchev–Trinajstić information content (AvgIpc) is 2.25. The second kappa shape index (κ2) is 4.50. The monoisotopic (exact) mass is 216 g/mol. The zero-order valence-corrected chi connectivity index (χ0v) is 9.46. The highest BCUT2D eigenvalue weighted by molar-refractivity contribution is 6.31. The van der Waals surface area contributed by atoms with Crippen LogP contribution in [0.25, 0.3) is 0 Å². The van der Waals surface area contributed by atoms with Gasteiger partial charge in [0, 0.05) is 5.02 Å². The van der Waals surface area contributed by atoms with Crippen molar-refractivity contribution in [3.63, 3.8) is 0 Å². The van der Waals surface area contributed by atoms with Crippen molar-refractivity contribution in [2.24, 2.45) is 0 Å². The minimum atomic E-state index is 0.860. The van der Waals surface area contributed by atoms with E-state index in [0.29, 0.717) is 0 Å². The summed E-state index contributed by atoms with van der Waals surface area (Å²) in [6.07, 6.45) is 0.909. The fraction of sp³-hybridized carbons (Fsp3) is 0.143. The molecule has 0 unspecified atom stereocenters. The number of rotatable bonds is 2. The molecule has 0 N–H and O–H groups in total. The van der Waals surface area contributed by atoms with Crippen LogP contribution in [-0.2, 0) is 6.42 Å². The van der Waals surface area contributed by atoms with Crippen molar-refractivity contribution in [2.75, 3.05) is 0 Å². The van der Waals surface area contributed by atoms with Crippen molar-refractivity contribution < 1.29 is 0 Å². The van der Waals surface area contributed by atoms with Crippen LogP contribution < -0.4 is 0 Å². The minimum absolute atomic E-state index is 0.860. The molecule has 0 amide bonds. The molecule has 0 saturated carbocycles. The molecule has 0 nitrogen and oxygen atoms in total. The van der Waals surface area contributed by atoms with Crippen LogP contribution in [0.4, 0.5) is 0 Å². The van der Waals surface area contributed by atoms with Crippen LogP contribution in [0.2, 0.25) is 5.02 Å². The smallest absolute Gasteiger partial charge is 0.0444 e. The Morgan fingerprint density at radius 1 is 0.933 bits per heavy atom. The lowest BCUT2D eigenvalue weighted by atomic mass is 10.0. The number of hydrogen-bond acceptors (Lipinski definition) is 0. The highest BCUT2D eigenvalue weighted by Crippen LogP contribution is 2.22. The summed E-state index contributed by atoms with van der Waals surface area (Å²) < 4.78 is 0. The van der Waals surface area contributed by atoms with Gasteiger partial charge in [-0.2, -0.15) is 0 Å². The van der Waals surface area contributed by atoms with E-state index in [1.54, 1.807) is 0 Å². The lowest BCUT2D eigenvalue weighted by Crippen LogP contribution is -1.92. The third-order valence-electron chi connectivity index (χ3n) is 2.58. The highest BCUT2D eigenvalue weighted by Gasteiger charge is 2.03. The number of aryl methyl sites for hydroxylation is 1. The second-order valence-corrected chi connectivity index (χ2v) is 4.10. The van der Waals surface area contributed by atoms with Crippen molar-refractivity contribution >= 4 is 11.6 Å². The van der Waals surface area contributed by atoms with E-state index in [2.05, 4.69) is 37.3 Å². The van der Waals surface area contributed by atoms with E-state index in [1.807, 2.05) is 18.2 Å². The first kappa shape index (κ1) is 10.3. The molecule has 2 aromatic rings. The van der Waals surface area contributed by atoms with Gasteiger partial charge in [0.1, 0.15) is 0 Å². The Kier molecular flexibility index (Phi) is 3.08. The molecular weight excluding hydrogens is 204 g/mol. The van der Waals surface area contributed by atoms with Gasteiger partial charge in [-0.25, -0.2) is 0 Å². The molecule has 0 heterocycles. The third-order valence-corrected chi connectivity index (χ3v) is 2.93. The number of halogens is 1. The van der Waals surface area contributed by atoms with Gasteiger partial charge in [0.15, 0.2) is 0 Å². The largest absolute Gasteiger partial charge is 0.0840 e. The van der Waals surface area contributed by atoms with Crippen LogP contribution >= 0.6 is 11.6 Å². The Morgan fingerprint density at radius 2 is 1.67 bits per heavy atom. The Bertz CT molecular complexity index is 426. The summed E-state index contributed by atoms with van der Waals surface area (Å²) >= 11 is 6.18. The first-order valence-corrected chi connectivity index (χ1v) is 5.43. The minimum Gasteiger partial charge on any atom is -0.0840 e. The molecule has 0 aliphatic rings. The van der Waals surface area contributed by atoms with Crippen LogP contribution in [0, 0.1) is 6.92 Å². The van der Waals surface area contributed by atoms with Crippen LogP contribution in [-0.4, -0.2) is 0 Å². The van der Waals surface area contributed by atoms with Gasteiger partial charge < -0.3 is 0 Å². The van der Waals surface area contributed by atoms with Gasteiger partial charge in [0.05, 0.1) is 0 Å². The Labute approximate surface area is 95.5 Å². The Hall–Kier alpha value is -1.27. The molecule has 2 rings (SSSR count). The molecule has 0 aliphatic carbocycles. The molecule has 0 fully saturated rings. The first-order chi connectivity index (χ1) is 7.27. The molecule has 0 aliphatic heterocycles. The van der Waals surface area contributed by atoms with E-state index >= 15 is 0 Å². The molecular formula is C14H13Cl. The van der Waals surface area contributed by atoms with Gasteiger partial charge in [-0.3, -0.25) is 0 Å². The third kappa shape index (κ3) is 2.40. The lowest BCUT2D eigenvalue weighted by Gasteiger charge is -2.07. The van der Waals surface area contributed by atoms with Crippen molar-refractivity contribution in [2.45, 2.75) is 13.3 Å². The standard InChI is InChI=1S/C14H13Cl/c1-11-6-5-9-14(15)13(11)10-12-7-3-2-4-8-12/h2-9H,10H2,1H3. The fourth-order valence-corrected chi connectivity index (χ4v) is 1.98. The van der Waals surface area contributed by atoms with Crippen LogP contribution in [0.5, 0.6) is 0 Å². The molecule has 2 aromatic carbocycles. The summed E-state index contributed by atoms with van der Waals surface area (Å²) in [6, 6.07) is 16.4. The maximum Gasteiger partial charge on any atom is 0.0444 e. The summed E-state index contributed by atoms with van der Waals surface area (Å²) in [5, 5.41) is 0.860. The quantitative estimate of drug-likeness (QED) is 0.705. The SMILES string of the molecule is Cc1cccc(Cl)c1Cc1ccccc1. The summed E-state index contributed by atoms with van der Waals surface area (Å²) in [6.45, 7) is 2.10. The number of benzene rings is 2.